The van der Waals surface area contributed by atoms with Gasteiger partial charge in [-0.2, -0.15) is 0 Å². The van der Waals surface area contributed by atoms with Crippen molar-refractivity contribution < 1.29 is 4.92 Å². The summed E-state index contributed by atoms with van der Waals surface area (Å²) in [6.45, 7) is 1.45. The lowest BCUT2D eigenvalue weighted by atomic mass is 10.2. The van der Waals surface area contributed by atoms with Gasteiger partial charge in [-0.1, -0.05) is 24.4 Å². The van der Waals surface area contributed by atoms with Gasteiger partial charge in [0, 0.05) is 23.2 Å². The Morgan fingerprint density at radius 3 is 2.88 bits per heavy atom. The number of hydrogen-bond acceptors (Lipinski definition) is 3. The van der Waals surface area contributed by atoms with Gasteiger partial charge in [-0.15, -0.1) is 0 Å². The summed E-state index contributed by atoms with van der Waals surface area (Å²) >= 11 is 5.75. The molecule has 17 heavy (non-hydrogen) atoms. The van der Waals surface area contributed by atoms with E-state index >= 15 is 0 Å². The Hall–Kier alpha value is -1.13. The molecule has 0 aromatic heterocycles. The van der Waals surface area contributed by atoms with Crippen molar-refractivity contribution in [3.05, 3.63) is 38.9 Å². The minimum atomic E-state index is -0.385. The molecule has 0 aliphatic heterocycles. The number of halogens is 1. The van der Waals surface area contributed by atoms with Gasteiger partial charge in [0.2, 0.25) is 0 Å². The molecule has 0 unspecified atom stereocenters. The Labute approximate surface area is 105 Å². The fourth-order valence-electron chi connectivity index (χ4n) is 1.79. The summed E-state index contributed by atoms with van der Waals surface area (Å²) in [6.07, 6.45) is 3.84. The van der Waals surface area contributed by atoms with Gasteiger partial charge in [-0.3, -0.25) is 10.1 Å². The van der Waals surface area contributed by atoms with Crippen LogP contribution in [-0.4, -0.2) is 11.5 Å². The van der Waals surface area contributed by atoms with Crippen molar-refractivity contribution in [2.45, 2.75) is 25.8 Å². The number of nitrogens with zero attached hydrogens (tertiary/aromatic N) is 1. The molecular formula is C12H15ClN2O2. The second-order valence-corrected chi connectivity index (χ2v) is 4.88. The second-order valence-electron chi connectivity index (χ2n) is 4.44. The van der Waals surface area contributed by atoms with Crippen LogP contribution in [0.15, 0.2) is 18.2 Å². The van der Waals surface area contributed by atoms with Crippen LogP contribution in [0.5, 0.6) is 0 Å². The summed E-state index contributed by atoms with van der Waals surface area (Å²) in [5, 5.41) is 14.5. The van der Waals surface area contributed by atoms with Crippen LogP contribution in [0.2, 0.25) is 5.02 Å². The predicted octanol–water partition coefficient (Wildman–Crippen LogP) is 3.14. The highest BCUT2D eigenvalue weighted by Gasteiger charge is 2.20. The van der Waals surface area contributed by atoms with E-state index in [1.54, 1.807) is 12.1 Å². The standard InChI is InChI=1S/C12H15ClN2O2/c13-11-4-3-10(12(7-11)15(16)17)8-14-6-5-9-1-2-9/h3-4,7,9,14H,1-2,5-6,8H2. The third-order valence-corrected chi connectivity index (χ3v) is 3.22. The molecule has 0 radical (unpaired) electrons. The summed E-state index contributed by atoms with van der Waals surface area (Å²) in [5.74, 6) is 0.878. The van der Waals surface area contributed by atoms with Gasteiger partial charge in [0.25, 0.3) is 5.69 Å². The first-order valence-corrected chi connectivity index (χ1v) is 6.18. The first-order valence-electron chi connectivity index (χ1n) is 5.80. The van der Waals surface area contributed by atoms with Crippen molar-refractivity contribution in [2.24, 2.45) is 5.92 Å². The molecule has 1 fully saturated rings. The Morgan fingerprint density at radius 1 is 1.47 bits per heavy atom. The van der Waals surface area contributed by atoms with E-state index in [2.05, 4.69) is 5.32 Å². The number of hydrogen-bond donors (Lipinski definition) is 1. The maximum absolute atomic E-state index is 10.8. The van der Waals surface area contributed by atoms with Gasteiger partial charge in [0.1, 0.15) is 0 Å². The van der Waals surface area contributed by atoms with E-state index in [4.69, 9.17) is 11.6 Å². The quantitative estimate of drug-likeness (QED) is 0.482. The lowest BCUT2D eigenvalue weighted by Gasteiger charge is -2.05. The molecule has 0 spiro atoms. The minimum absolute atomic E-state index is 0.0939. The van der Waals surface area contributed by atoms with Crippen LogP contribution in [0.1, 0.15) is 24.8 Å². The van der Waals surface area contributed by atoms with Crippen LogP contribution in [0.25, 0.3) is 0 Å². The molecule has 1 saturated carbocycles. The molecular weight excluding hydrogens is 240 g/mol. The maximum atomic E-state index is 10.8. The topological polar surface area (TPSA) is 55.2 Å². The van der Waals surface area contributed by atoms with E-state index in [9.17, 15) is 10.1 Å². The van der Waals surface area contributed by atoms with Crippen molar-refractivity contribution in [3.63, 3.8) is 0 Å². The van der Waals surface area contributed by atoms with Gasteiger partial charge in [-0.25, -0.2) is 0 Å². The van der Waals surface area contributed by atoms with E-state index in [-0.39, 0.29) is 10.6 Å². The Bertz CT molecular complexity index is 419. The number of benzene rings is 1. The van der Waals surface area contributed by atoms with Gasteiger partial charge < -0.3 is 5.32 Å². The van der Waals surface area contributed by atoms with E-state index in [0.717, 1.165) is 12.5 Å². The molecule has 0 saturated heterocycles. The lowest BCUT2D eigenvalue weighted by Crippen LogP contribution is -2.16. The van der Waals surface area contributed by atoms with Crippen LogP contribution in [0.3, 0.4) is 0 Å². The number of rotatable bonds is 6. The Kier molecular flexibility index (Phi) is 3.97. The normalized spacial score (nSPS) is 14.9. The molecule has 1 aromatic carbocycles. The van der Waals surface area contributed by atoms with Crippen LogP contribution < -0.4 is 5.32 Å². The van der Waals surface area contributed by atoms with Crippen LogP contribution >= 0.6 is 11.6 Å². The highest BCUT2D eigenvalue weighted by Crippen LogP contribution is 2.31. The number of nitrogens with one attached hydrogen (secondary N) is 1. The maximum Gasteiger partial charge on any atom is 0.275 e. The molecule has 1 aromatic rings. The van der Waals surface area contributed by atoms with E-state index in [0.29, 0.717) is 17.1 Å². The van der Waals surface area contributed by atoms with Crippen molar-refractivity contribution in [1.82, 2.24) is 5.32 Å². The van der Waals surface area contributed by atoms with E-state index < -0.39 is 0 Å². The van der Waals surface area contributed by atoms with Crippen molar-refractivity contribution >= 4 is 17.3 Å². The molecule has 1 N–H and O–H groups in total. The number of nitro groups is 1. The van der Waals surface area contributed by atoms with Gasteiger partial charge in [-0.05, 0) is 31.0 Å². The van der Waals surface area contributed by atoms with Gasteiger partial charge >= 0.3 is 0 Å². The summed E-state index contributed by atoms with van der Waals surface area (Å²) < 4.78 is 0. The fourth-order valence-corrected chi connectivity index (χ4v) is 1.96. The minimum Gasteiger partial charge on any atom is -0.312 e. The predicted molar refractivity (Wildman–Crippen MR) is 67.2 cm³/mol. The molecule has 1 aliphatic carbocycles. The van der Waals surface area contributed by atoms with Crippen LogP contribution in [-0.2, 0) is 6.54 Å². The van der Waals surface area contributed by atoms with E-state index in [1.165, 1.54) is 25.3 Å². The average Bonchev–Trinajstić information content (AvgIpc) is 3.09. The first kappa shape index (κ1) is 12.3. The second kappa shape index (κ2) is 5.47. The Balaban J connectivity index is 1.91. The van der Waals surface area contributed by atoms with Crippen molar-refractivity contribution in [3.8, 4) is 0 Å². The smallest absolute Gasteiger partial charge is 0.275 e. The van der Waals surface area contributed by atoms with Crippen molar-refractivity contribution in [1.29, 1.82) is 0 Å². The summed E-state index contributed by atoms with van der Waals surface area (Å²) in [5.41, 5.74) is 0.784. The largest absolute Gasteiger partial charge is 0.312 e. The summed E-state index contributed by atoms with van der Waals surface area (Å²) in [7, 11) is 0. The molecule has 2 rings (SSSR count). The summed E-state index contributed by atoms with van der Waals surface area (Å²) in [4.78, 5) is 10.5. The molecule has 1 aliphatic rings. The zero-order chi connectivity index (χ0) is 12.3. The zero-order valence-electron chi connectivity index (χ0n) is 9.49. The molecule has 5 heteroatoms. The average molecular weight is 255 g/mol. The number of nitro benzene ring substituents is 1. The van der Waals surface area contributed by atoms with Gasteiger partial charge in [0.05, 0.1) is 4.92 Å². The molecule has 0 bridgehead atoms. The summed E-state index contributed by atoms with van der Waals surface area (Å²) in [6, 6.07) is 4.80. The first-order chi connectivity index (χ1) is 8.16. The zero-order valence-corrected chi connectivity index (χ0v) is 10.2. The molecule has 0 amide bonds. The molecule has 4 nitrogen and oxygen atoms in total. The molecule has 92 valence electrons. The van der Waals surface area contributed by atoms with E-state index in [1.807, 2.05) is 0 Å². The fraction of sp³-hybridized carbons (Fsp3) is 0.500. The SMILES string of the molecule is O=[N+]([O-])c1cc(Cl)ccc1CNCCC1CC1. The van der Waals surface area contributed by atoms with Gasteiger partial charge in [0.15, 0.2) is 0 Å². The lowest BCUT2D eigenvalue weighted by molar-refractivity contribution is -0.385. The third-order valence-electron chi connectivity index (χ3n) is 2.99. The molecule has 0 heterocycles. The Morgan fingerprint density at radius 2 is 2.24 bits per heavy atom. The highest BCUT2D eigenvalue weighted by molar-refractivity contribution is 6.30. The highest BCUT2D eigenvalue weighted by atomic mass is 35.5. The van der Waals surface area contributed by atoms with Crippen LogP contribution in [0.4, 0.5) is 5.69 Å². The molecule has 0 atom stereocenters. The van der Waals surface area contributed by atoms with Crippen LogP contribution in [0, 0.1) is 16.0 Å². The third kappa shape index (κ3) is 3.68. The monoisotopic (exact) mass is 254 g/mol. The van der Waals surface area contributed by atoms with Crippen molar-refractivity contribution in [2.75, 3.05) is 6.54 Å².